The first kappa shape index (κ1) is 12.4. The van der Waals surface area contributed by atoms with Gasteiger partial charge in [-0.1, -0.05) is 17.7 Å². The van der Waals surface area contributed by atoms with Crippen molar-refractivity contribution in [2.45, 2.75) is 13.5 Å². The molecule has 0 amide bonds. The molecule has 3 N–H and O–H groups in total. The number of hydrogen-bond donors (Lipinski definition) is 3. The van der Waals surface area contributed by atoms with E-state index in [1.54, 1.807) is 6.07 Å². The molecule has 5 nitrogen and oxygen atoms in total. The lowest BCUT2D eigenvalue weighted by Crippen LogP contribution is -2.23. The zero-order valence-electron chi connectivity index (χ0n) is 9.71. The number of aromatic nitrogens is 2. The number of aromatic amines is 2. The fourth-order valence-corrected chi connectivity index (χ4v) is 1.78. The highest BCUT2D eigenvalue weighted by Crippen LogP contribution is 2.22. The molecule has 0 bridgehead atoms. The van der Waals surface area contributed by atoms with Crippen LogP contribution >= 0.6 is 11.6 Å². The van der Waals surface area contributed by atoms with Gasteiger partial charge in [0.2, 0.25) is 0 Å². The third-order valence-electron chi connectivity index (χ3n) is 2.55. The number of H-pyrrole nitrogens is 2. The van der Waals surface area contributed by atoms with E-state index in [1.165, 1.54) is 6.07 Å². The van der Waals surface area contributed by atoms with Gasteiger partial charge in [-0.05, 0) is 24.6 Å². The molecule has 0 saturated carbocycles. The van der Waals surface area contributed by atoms with Gasteiger partial charge in [0.1, 0.15) is 0 Å². The molecule has 1 heterocycles. The Morgan fingerprint density at radius 3 is 2.78 bits per heavy atom. The maximum atomic E-state index is 11.1. The summed E-state index contributed by atoms with van der Waals surface area (Å²) in [7, 11) is 0. The summed E-state index contributed by atoms with van der Waals surface area (Å²) in [5, 5.41) is 3.78. The van der Waals surface area contributed by atoms with Gasteiger partial charge in [0, 0.05) is 22.5 Å². The predicted octanol–water partition coefficient (Wildman–Crippen LogP) is 1.64. The molecule has 2 rings (SSSR count). The normalized spacial score (nSPS) is 10.3. The minimum atomic E-state index is -0.512. The lowest BCUT2D eigenvalue weighted by Gasteiger charge is -2.10. The molecule has 18 heavy (non-hydrogen) atoms. The summed E-state index contributed by atoms with van der Waals surface area (Å²) >= 11 is 5.99. The first-order valence-corrected chi connectivity index (χ1v) is 5.75. The van der Waals surface area contributed by atoms with Gasteiger partial charge in [-0.15, -0.1) is 0 Å². The maximum Gasteiger partial charge on any atom is 0.325 e. The molecular formula is C12H12ClN3O2. The minimum Gasteiger partial charge on any atom is -0.379 e. The molecule has 2 aromatic rings. The maximum absolute atomic E-state index is 11.1. The summed E-state index contributed by atoms with van der Waals surface area (Å²) in [6, 6.07) is 6.86. The molecule has 0 aliphatic heterocycles. The first-order valence-electron chi connectivity index (χ1n) is 5.38. The molecule has 1 aromatic carbocycles. The molecule has 0 aliphatic carbocycles. The van der Waals surface area contributed by atoms with Crippen molar-refractivity contribution in [1.82, 2.24) is 9.97 Å². The van der Waals surface area contributed by atoms with Crippen LogP contribution in [-0.4, -0.2) is 9.97 Å². The summed E-state index contributed by atoms with van der Waals surface area (Å²) in [6.45, 7) is 2.24. The highest BCUT2D eigenvalue weighted by molar-refractivity contribution is 6.31. The smallest absolute Gasteiger partial charge is 0.325 e. The lowest BCUT2D eigenvalue weighted by molar-refractivity contribution is 0.941. The van der Waals surface area contributed by atoms with E-state index in [-0.39, 0.29) is 0 Å². The molecular weight excluding hydrogens is 254 g/mol. The Bertz CT molecular complexity index is 647. The molecule has 0 atom stereocenters. The molecule has 0 radical (unpaired) electrons. The molecule has 0 saturated heterocycles. The second-order valence-electron chi connectivity index (χ2n) is 3.88. The Hall–Kier alpha value is -2.01. The summed E-state index contributed by atoms with van der Waals surface area (Å²) in [5.41, 5.74) is 1.37. The Balaban J connectivity index is 2.19. The summed E-state index contributed by atoms with van der Waals surface area (Å²) in [5.74, 6) is 0. The second-order valence-corrected chi connectivity index (χ2v) is 4.29. The lowest BCUT2D eigenvalue weighted by atomic mass is 10.2. The molecule has 0 fully saturated rings. The van der Waals surface area contributed by atoms with Crippen LogP contribution in [0.4, 0.5) is 5.69 Å². The van der Waals surface area contributed by atoms with Crippen LogP contribution in [0.2, 0.25) is 5.02 Å². The molecule has 6 heteroatoms. The zero-order valence-corrected chi connectivity index (χ0v) is 10.5. The van der Waals surface area contributed by atoms with Gasteiger partial charge in [-0.25, -0.2) is 4.79 Å². The highest BCUT2D eigenvalue weighted by Gasteiger charge is 2.02. The van der Waals surface area contributed by atoms with Crippen LogP contribution in [0, 0.1) is 6.92 Å². The largest absolute Gasteiger partial charge is 0.379 e. The standard InChI is InChI=1S/C12H12ClN3O2/c1-7-9(13)3-2-4-10(7)14-6-8-5-11(17)16-12(18)15-8/h2-5,14H,6H2,1H3,(H2,15,16,17,18). The van der Waals surface area contributed by atoms with Gasteiger partial charge in [0.05, 0.1) is 6.54 Å². The number of hydrogen-bond acceptors (Lipinski definition) is 3. The number of rotatable bonds is 3. The molecule has 0 aliphatic rings. The summed E-state index contributed by atoms with van der Waals surface area (Å²) in [4.78, 5) is 26.9. The highest BCUT2D eigenvalue weighted by atomic mass is 35.5. The van der Waals surface area contributed by atoms with Crippen molar-refractivity contribution in [2.24, 2.45) is 0 Å². The van der Waals surface area contributed by atoms with Crippen molar-refractivity contribution in [1.29, 1.82) is 0 Å². The zero-order chi connectivity index (χ0) is 13.1. The number of benzene rings is 1. The fraction of sp³-hybridized carbons (Fsp3) is 0.167. The SMILES string of the molecule is Cc1c(Cl)cccc1NCc1cc(=O)[nH]c(=O)[nH]1. The van der Waals surface area contributed by atoms with E-state index >= 15 is 0 Å². The third-order valence-corrected chi connectivity index (χ3v) is 2.96. The third kappa shape index (κ3) is 2.81. The van der Waals surface area contributed by atoms with Gasteiger partial charge in [0.15, 0.2) is 0 Å². The second kappa shape index (κ2) is 5.10. The van der Waals surface area contributed by atoms with E-state index in [1.807, 2.05) is 19.1 Å². The van der Waals surface area contributed by atoms with Gasteiger partial charge in [0.25, 0.3) is 5.56 Å². The predicted molar refractivity (Wildman–Crippen MR) is 71.2 cm³/mol. The molecule has 1 aromatic heterocycles. The molecule has 94 valence electrons. The van der Waals surface area contributed by atoms with Gasteiger partial charge >= 0.3 is 5.69 Å². The van der Waals surface area contributed by atoms with E-state index in [0.717, 1.165) is 11.3 Å². The minimum absolute atomic E-state index is 0.348. The van der Waals surface area contributed by atoms with E-state index < -0.39 is 11.2 Å². The number of nitrogens with one attached hydrogen (secondary N) is 3. The Morgan fingerprint density at radius 1 is 1.28 bits per heavy atom. The van der Waals surface area contributed by atoms with Crippen LogP contribution in [0.3, 0.4) is 0 Å². The van der Waals surface area contributed by atoms with Crippen molar-refractivity contribution in [2.75, 3.05) is 5.32 Å². The quantitative estimate of drug-likeness (QED) is 0.789. The number of anilines is 1. The van der Waals surface area contributed by atoms with Crippen LogP contribution in [0.25, 0.3) is 0 Å². The van der Waals surface area contributed by atoms with Crippen molar-refractivity contribution < 1.29 is 0 Å². The average molecular weight is 266 g/mol. The molecule has 0 unspecified atom stereocenters. The van der Waals surface area contributed by atoms with Crippen LogP contribution < -0.4 is 16.6 Å². The van der Waals surface area contributed by atoms with Crippen LogP contribution in [0.1, 0.15) is 11.3 Å². The van der Waals surface area contributed by atoms with Gasteiger partial charge < -0.3 is 10.3 Å². The van der Waals surface area contributed by atoms with Crippen LogP contribution in [-0.2, 0) is 6.54 Å². The van der Waals surface area contributed by atoms with Crippen LogP contribution in [0.15, 0.2) is 33.9 Å². The van der Waals surface area contributed by atoms with E-state index in [9.17, 15) is 9.59 Å². The first-order chi connectivity index (χ1) is 8.56. The van der Waals surface area contributed by atoms with Crippen LogP contribution in [0.5, 0.6) is 0 Å². The average Bonchev–Trinajstić information content (AvgIpc) is 2.30. The monoisotopic (exact) mass is 265 g/mol. The number of halogens is 1. The van der Waals surface area contributed by atoms with Gasteiger partial charge in [-0.3, -0.25) is 9.78 Å². The van der Waals surface area contributed by atoms with E-state index in [0.29, 0.717) is 17.3 Å². The van der Waals surface area contributed by atoms with Crippen molar-refractivity contribution in [3.05, 3.63) is 61.4 Å². The van der Waals surface area contributed by atoms with E-state index in [2.05, 4.69) is 15.3 Å². The van der Waals surface area contributed by atoms with E-state index in [4.69, 9.17) is 11.6 Å². The summed E-state index contributed by atoms with van der Waals surface area (Å²) < 4.78 is 0. The van der Waals surface area contributed by atoms with Gasteiger partial charge in [-0.2, -0.15) is 0 Å². The fourth-order valence-electron chi connectivity index (χ4n) is 1.60. The Labute approximate surface area is 108 Å². The topological polar surface area (TPSA) is 77.8 Å². The van der Waals surface area contributed by atoms with Crippen molar-refractivity contribution in [3.63, 3.8) is 0 Å². The molecule has 0 spiro atoms. The van der Waals surface area contributed by atoms with Crippen molar-refractivity contribution in [3.8, 4) is 0 Å². The Kier molecular flexibility index (Phi) is 3.53. The Morgan fingerprint density at radius 2 is 2.06 bits per heavy atom. The summed E-state index contributed by atoms with van der Waals surface area (Å²) in [6.07, 6.45) is 0. The van der Waals surface area contributed by atoms with Crippen molar-refractivity contribution >= 4 is 17.3 Å².